The van der Waals surface area contributed by atoms with Crippen LogP contribution in [0.25, 0.3) is 22.2 Å². The molecule has 0 saturated heterocycles. The zero-order valence-corrected chi connectivity index (χ0v) is 13.2. The van der Waals surface area contributed by atoms with Gasteiger partial charge in [0, 0.05) is 23.3 Å². The monoisotopic (exact) mass is 306 g/mol. The highest BCUT2D eigenvalue weighted by Crippen LogP contribution is 2.28. The smallest absolute Gasteiger partial charge is 0.336 e. The molecule has 0 saturated carbocycles. The van der Waals surface area contributed by atoms with Crippen molar-refractivity contribution in [1.82, 2.24) is 9.97 Å². The van der Waals surface area contributed by atoms with Gasteiger partial charge in [0.1, 0.15) is 0 Å². The maximum Gasteiger partial charge on any atom is 0.336 e. The molecule has 1 atom stereocenters. The molecule has 3 rings (SSSR count). The molecule has 1 unspecified atom stereocenters. The molecule has 1 aromatic carbocycles. The molecule has 0 bridgehead atoms. The van der Waals surface area contributed by atoms with Gasteiger partial charge in [0.25, 0.3) is 0 Å². The Morgan fingerprint density at radius 1 is 1.17 bits per heavy atom. The minimum absolute atomic E-state index is 0.284. The van der Waals surface area contributed by atoms with Crippen molar-refractivity contribution in [1.29, 1.82) is 0 Å². The van der Waals surface area contributed by atoms with Crippen LogP contribution in [-0.2, 0) is 0 Å². The van der Waals surface area contributed by atoms with Crippen LogP contribution < -0.4 is 0 Å². The molecule has 0 spiro atoms. The van der Waals surface area contributed by atoms with Crippen molar-refractivity contribution in [3.05, 3.63) is 59.9 Å². The molecule has 4 heteroatoms. The molecule has 0 aliphatic rings. The summed E-state index contributed by atoms with van der Waals surface area (Å²) in [7, 11) is 0. The lowest BCUT2D eigenvalue weighted by Crippen LogP contribution is -2.01. The second-order valence-corrected chi connectivity index (χ2v) is 5.68. The van der Waals surface area contributed by atoms with E-state index in [-0.39, 0.29) is 5.56 Å². The fraction of sp³-hybridized carbons (Fsp3) is 0.211. The van der Waals surface area contributed by atoms with E-state index in [1.54, 1.807) is 18.5 Å². The van der Waals surface area contributed by atoms with E-state index in [1.165, 1.54) is 0 Å². The zero-order chi connectivity index (χ0) is 16.4. The summed E-state index contributed by atoms with van der Waals surface area (Å²) in [4.78, 5) is 20.3. The van der Waals surface area contributed by atoms with Crippen LogP contribution in [0.1, 0.15) is 42.1 Å². The molecule has 0 radical (unpaired) electrons. The van der Waals surface area contributed by atoms with E-state index in [0.29, 0.717) is 22.5 Å². The molecule has 2 aromatic heterocycles. The number of hydrogen-bond donors (Lipinski definition) is 1. The standard InChI is InChI=1S/C19H18N2O2/c1-3-12(2)14-4-5-17-15(10-14)16(19(22)23)11-18(21-17)13-6-8-20-9-7-13/h4-12H,3H2,1-2H3,(H,22,23). The number of hydrogen-bond acceptors (Lipinski definition) is 3. The molecule has 3 aromatic rings. The third-order valence-electron chi connectivity index (χ3n) is 4.22. The Balaban J connectivity index is 2.23. The highest BCUT2D eigenvalue weighted by atomic mass is 16.4. The van der Waals surface area contributed by atoms with Gasteiger partial charge in [0.15, 0.2) is 0 Å². The number of aromatic nitrogens is 2. The number of carboxylic acid groups (broad SMARTS) is 1. The minimum Gasteiger partial charge on any atom is -0.478 e. The Morgan fingerprint density at radius 3 is 2.57 bits per heavy atom. The fourth-order valence-corrected chi connectivity index (χ4v) is 2.63. The maximum absolute atomic E-state index is 11.7. The van der Waals surface area contributed by atoms with Gasteiger partial charge in [-0.05, 0) is 48.2 Å². The van der Waals surface area contributed by atoms with Crippen LogP contribution in [0.15, 0.2) is 48.8 Å². The maximum atomic E-state index is 11.7. The Labute approximate surface area is 134 Å². The van der Waals surface area contributed by atoms with Crippen molar-refractivity contribution in [3.63, 3.8) is 0 Å². The first-order valence-corrected chi connectivity index (χ1v) is 7.68. The van der Waals surface area contributed by atoms with Crippen LogP contribution in [0.3, 0.4) is 0 Å². The number of carbonyl (C=O) groups is 1. The highest BCUT2D eigenvalue weighted by molar-refractivity contribution is 6.04. The number of fused-ring (bicyclic) bond motifs is 1. The van der Waals surface area contributed by atoms with Crippen LogP contribution in [0.5, 0.6) is 0 Å². The second-order valence-electron chi connectivity index (χ2n) is 5.68. The van der Waals surface area contributed by atoms with E-state index in [2.05, 4.69) is 23.8 Å². The van der Waals surface area contributed by atoms with Gasteiger partial charge in [-0.1, -0.05) is 19.9 Å². The Morgan fingerprint density at radius 2 is 1.91 bits per heavy atom. The number of benzene rings is 1. The van der Waals surface area contributed by atoms with Crippen LogP contribution in [0, 0.1) is 0 Å². The summed E-state index contributed by atoms with van der Waals surface area (Å²) in [6.45, 7) is 4.26. The normalized spacial score (nSPS) is 12.3. The van der Waals surface area contributed by atoms with Crippen molar-refractivity contribution < 1.29 is 9.90 Å². The molecular formula is C19H18N2O2. The molecule has 23 heavy (non-hydrogen) atoms. The van der Waals surface area contributed by atoms with Gasteiger partial charge >= 0.3 is 5.97 Å². The fourth-order valence-electron chi connectivity index (χ4n) is 2.63. The predicted molar refractivity (Wildman–Crippen MR) is 90.6 cm³/mol. The van der Waals surface area contributed by atoms with Gasteiger partial charge in [0.2, 0.25) is 0 Å². The first-order chi connectivity index (χ1) is 11.1. The first kappa shape index (κ1) is 15.2. The summed E-state index contributed by atoms with van der Waals surface area (Å²) in [5.41, 5.74) is 3.63. The molecule has 2 heterocycles. The Kier molecular flexibility index (Phi) is 4.06. The minimum atomic E-state index is -0.936. The number of nitrogens with zero attached hydrogens (tertiary/aromatic N) is 2. The summed E-state index contributed by atoms with van der Waals surface area (Å²) < 4.78 is 0. The summed E-state index contributed by atoms with van der Waals surface area (Å²) in [6, 6.07) is 11.2. The zero-order valence-electron chi connectivity index (χ0n) is 13.2. The van der Waals surface area contributed by atoms with E-state index in [0.717, 1.165) is 17.5 Å². The first-order valence-electron chi connectivity index (χ1n) is 7.68. The van der Waals surface area contributed by atoms with E-state index < -0.39 is 5.97 Å². The van der Waals surface area contributed by atoms with Crippen LogP contribution in [-0.4, -0.2) is 21.0 Å². The van der Waals surface area contributed by atoms with Crippen LogP contribution in [0.2, 0.25) is 0 Å². The van der Waals surface area contributed by atoms with Gasteiger partial charge in [-0.3, -0.25) is 4.98 Å². The lowest BCUT2D eigenvalue weighted by Gasteiger charge is -2.12. The van der Waals surface area contributed by atoms with Gasteiger partial charge in [-0.25, -0.2) is 9.78 Å². The van der Waals surface area contributed by atoms with Gasteiger partial charge in [0.05, 0.1) is 16.8 Å². The Bertz CT molecular complexity index is 860. The van der Waals surface area contributed by atoms with Gasteiger partial charge in [-0.2, -0.15) is 0 Å². The van der Waals surface area contributed by atoms with Crippen molar-refractivity contribution >= 4 is 16.9 Å². The predicted octanol–water partition coefficient (Wildman–Crippen LogP) is 4.51. The molecule has 0 aliphatic carbocycles. The number of carboxylic acids is 1. The topological polar surface area (TPSA) is 63.1 Å². The van der Waals surface area contributed by atoms with Crippen molar-refractivity contribution in [2.24, 2.45) is 0 Å². The molecule has 116 valence electrons. The molecule has 4 nitrogen and oxygen atoms in total. The molecule has 0 amide bonds. The quantitative estimate of drug-likeness (QED) is 0.770. The molecule has 1 N–H and O–H groups in total. The van der Waals surface area contributed by atoms with Gasteiger partial charge in [-0.15, -0.1) is 0 Å². The third kappa shape index (κ3) is 2.93. The largest absolute Gasteiger partial charge is 0.478 e. The van der Waals surface area contributed by atoms with E-state index in [1.807, 2.05) is 30.3 Å². The van der Waals surface area contributed by atoms with Gasteiger partial charge < -0.3 is 5.11 Å². The highest BCUT2D eigenvalue weighted by Gasteiger charge is 2.14. The van der Waals surface area contributed by atoms with Crippen molar-refractivity contribution in [2.45, 2.75) is 26.2 Å². The van der Waals surface area contributed by atoms with Crippen molar-refractivity contribution in [3.8, 4) is 11.3 Å². The lowest BCUT2D eigenvalue weighted by molar-refractivity contribution is 0.0699. The molecule has 0 fully saturated rings. The number of aromatic carboxylic acids is 1. The molecular weight excluding hydrogens is 288 g/mol. The summed E-state index contributed by atoms with van der Waals surface area (Å²) in [6.07, 6.45) is 4.36. The summed E-state index contributed by atoms with van der Waals surface area (Å²) >= 11 is 0. The summed E-state index contributed by atoms with van der Waals surface area (Å²) in [5, 5.41) is 10.3. The summed E-state index contributed by atoms with van der Waals surface area (Å²) in [5.74, 6) is -0.546. The van der Waals surface area contributed by atoms with Crippen LogP contribution >= 0.6 is 0 Å². The van der Waals surface area contributed by atoms with Crippen LogP contribution in [0.4, 0.5) is 0 Å². The Hall–Kier alpha value is -2.75. The van der Waals surface area contributed by atoms with E-state index in [4.69, 9.17) is 0 Å². The molecule has 0 aliphatic heterocycles. The average Bonchev–Trinajstić information content (AvgIpc) is 2.60. The third-order valence-corrected chi connectivity index (χ3v) is 4.22. The average molecular weight is 306 g/mol. The lowest BCUT2D eigenvalue weighted by atomic mass is 9.95. The number of pyridine rings is 2. The SMILES string of the molecule is CCC(C)c1ccc2nc(-c3ccncc3)cc(C(=O)O)c2c1. The van der Waals surface area contributed by atoms with Crippen molar-refractivity contribution in [2.75, 3.05) is 0 Å². The van der Waals surface area contributed by atoms with E-state index in [9.17, 15) is 9.90 Å². The second kappa shape index (κ2) is 6.16. The number of rotatable bonds is 4. The van der Waals surface area contributed by atoms with E-state index >= 15 is 0 Å².